The Hall–Kier alpha value is -5.07. The van der Waals surface area contributed by atoms with Gasteiger partial charge in [0.2, 0.25) is 5.78 Å². The number of carbonyl (C=O) groups is 3. The molecule has 50 heavy (non-hydrogen) atoms. The molecule has 0 unspecified atom stereocenters. The van der Waals surface area contributed by atoms with Gasteiger partial charge in [-0.05, 0) is 91.6 Å². The van der Waals surface area contributed by atoms with E-state index in [0.717, 1.165) is 60.6 Å². The Balaban J connectivity index is 1.23. The summed E-state index contributed by atoms with van der Waals surface area (Å²) in [4.78, 5) is 45.8. The minimum absolute atomic E-state index is 0.111. The summed E-state index contributed by atoms with van der Waals surface area (Å²) in [5.41, 5.74) is 2.54. The third kappa shape index (κ3) is 8.20. The third-order valence-corrected chi connectivity index (χ3v) is 9.56. The van der Waals surface area contributed by atoms with E-state index in [9.17, 15) is 27.6 Å². The van der Waals surface area contributed by atoms with Crippen molar-refractivity contribution in [3.63, 3.8) is 0 Å². The van der Waals surface area contributed by atoms with Gasteiger partial charge in [-0.25, -0.2) is 0 Å². The van der Waals surface area contributed by atoms with Gasteiger partial charge in [-0.1, -0.05) is 24.3 Å². The maximum Gasteiger partial charge on any atom is 0.416 e. The molecule has 1 aliphatic heterocycles. The number of piperidine rings is 1. The predicted octanol–water partition coefficient (Wildman–Crippen LogP) is 7.67. The molecule has 12 heteroatoms. The van der Waals surface area contributed by atoms with Crippen molar-refractivity contribution in [1.82, 2.24) is 10.3 Å². The molecule has 1 aromatic heterocycles. The number of halogens is 3. The first-order valence-electron chi connectivity index (χ1n) is 16.2. The van der Waals surface area contributed by atoms with Crippen LogP contribution < -0.4 is 15.5 Å². The highest BCUT2D eigenvalue weighted by Gasteiger charge is 2.31. The summed E-state index contributed by atoms with van der Waals surface area (Å²) in [5.74, 6) is -0.637. The normalized spacial score (nSPS) is 13.3. The Morgan fingerprint density at radius 2 is 1.60 bits per heavy atom. The van der Waals surface area contributed by atoms with Gasteiger partial charge in [0, 0.05) is 63.6 Å². The number of aliphatic hydroxyl groups excluding tert-OH is 1. The highest BCUT2D eigenvalue weighted by Crippen LogP contribution is 2.33. The topological polar surface area (TPSA) is 115 Å². The van der Waals surface area contributed by atoms with Crippen LogP contribution in [0.25, 0.3) is 10.9 Å². The van der Waals surface area contributed by atoms with Gasteiger partial charge in [-0.3, -0.25) is 14.4 Å². The van der Waals surface area contributed by atoms with Crippen LogP contribution in [-0.2, 0) is 11.9 Å². The first-order chi connectivity index (χ1) is 24.1. The van der Waals surface area contributed by atoms with Gasteiger partial charge in [-0.2, -0.15) is 13.2 Å². The Bertz CT molecular complexity index is 2040. The second kappa shape index (κ2) is 15.2. The average Bonchev–Trinajstić information content (AvgIpc) is 3.57. The van der Waals surface area contributed by atoms with E-state index in [4.69, 9.17) is 5.11 Å². The molecule has 0 radical (unpaired) electrons. The van der Waals surface area contributed by atoms with E-state index in [1.165, 1.54) is 23.9 Å². The first-order valence-corrected chi connectivity index (χ1v) is 17.2. The number of rotatable bonds is 11. The summed E-state index contributed by atoms with van der Waals surface area (Å²) in [7, 11) is 0. The lowest BCUT2D eigenvalue weighted by Gasteiger charge is -2.29. The van der Waals surface area contributed by atoms with Crippen molar-refractivity contribution in [3.8, 4) is 0 Å². The van der Waals surface area contributed by atoms with Crippen LogP contribution in [-0.4, -0.2) is 53.9 Å². The van der Waals surface area contributed by atoms with E-state index >= 15 is 0 Å². The van der Waals surface area contributed by atoms with E-state index in [1.807, 2.05) is 18.2 Å². The summed E-state index contributed by atoms with van der Waals surface area (Å²) >= 11 is 1.50. The van der Waals surface area contributed by atoms with Gasteiger partial charge in [0.25, 0.3) is 11.8 Å². The molecule has 0 bridgehead atoms. The molecule has 4 N–H and O–H groups in total. The molecule has 2 amide bonds. The van der Waals surface area contributed by atoms with Crippen LogP contribution in [0.15, 0.2) is 95.9 Å². The van der Waals surface area contributed by atoms with Gasteiger partial charge in [0.05, 0.1) is 23.6 Å². The standard InChI is InChI=1S/C38H35F3N4O4S/c39-38(40,41)28-11-10-25-20-34(43-33(25)21-28)35(47)31-22-29(45-15-2-1-3-16-45)12-13-32(31)44-37(49)26-7-4-6-24(18-26)23-50-30-9-5-8-27(19-30)36(48)42-14-17-46/h4-13,18-22,43,46H,1-3,14-17,23H2,(H,42,48)(H,44,49). The molecule has 5 aromatic rings. The number of thioether (sulfide) groups is 1. The lowest BCUT2D eigenvalue weighted by atomic mass is 10.0. The Labute approximate surface area is 291 Å². The Morgan fingerprint density at radius 1 is 0.840 bits per heavy atom. The minimum atomic E-state index is -4.52. The maximum atomic E-state index is 14.0. The number of alkyl halides is 3. The van der Waals surface area contributed by atoms with Crippen molar-refractivity contribution < 1.29 is 32.7 Å². The minimum Gasteiger partial charge on any atom is -0.395 e. The summed E-state index contributed by atoms with van der Waals surface area (Å²) in [6.45, 7) is 1.68. The monoisotopic (exact) mass is 700 g/mol. The molecule has 258 valence electrons. The molecule has 1 aliphatic rings. The largest absolute Gasteiger partial charge is 0.416 e. The molecular formula is C38H35F3N4O4S. The lowest BCUT2D eigenvalue weighted by Crippen LogP contribution is -2.29. The number of H-pyrrole nitrogens is 1. The predicted molar refractivity (Wildman–Crippen MR) is 189 cm³/mol. The molecule has 0 spiro atoms. The number of benzene rings is 4. The van der Waals surface area contributed by atoms with Gasteiger partial charge in [-0.15, -0.1) is 11.8 Å². The van der Waals surface area contributed by atoms with Gasteiger partial charge < -0.3 is 25.6 Å². The van der Waals surface area contributed by atoms with E-state index in [2.05, 4.69) is 20.5 Å². The van der Waals surface area contributed by atoms with Crippen LogP contribution in [0, 0.1) is 0 Å². The fraction of sp³-hybridized carbons (Fsp3) is 0.237. The smallest absolute Gasteiger partial charge is 0.395 e. The number of nitrogens with one attached hydrogen (secondary N) is 3. The number of fused-ring (bicyclic) bond motifs is 1. The van der Waals surface area contributed by atoms with E-state index in [-0.39, 0.29) is 41.5 Å². The molecule has 0 saturated carbocycles. The molecule has 1 saturated heterocycles. The number of nitrogens with zero attached hydrogens (tertiary/aromatic N) is 1. The zero-order valence-electron chi connectivity index (χ0n) is 27.0. The van der Waals surface area contributed by atoms with Crippen molar-refractivity contribution in [3.05, 3.63) is 125 Å². The summed E-state index contributed by atoms with van der Waals surface area (Å²) in [6.07, 6.45) is -1.36. The molecule has 0 atom stereocenters. The number of aliphatic hydroxyl groups is 1. The highest BCUT2D eigenvalue weighted by atomic mass is 32.2. The van der Waals surface area contributed by atoms with E-state index in [1.54, 1.807) is 48.5 Å². The number of hydrogen-bond donors (Lipinski definition) is 4. The van der Waals surface area contributed by atoms with Crippen LogP contribution >= 0.6 is 11.8 Å². The summed E-state index contributed by atoms with van der Waals surface area (Å²) in [5, 5.41) is 15.0. The van der Waals surface area contributed by atoms with Crippen molar-refractivity contribution in [1.29, 1.82) is 0 Å². The number of ketones is 1. The average molecular weight is 701 g/mol. The van der Waals surface area contributed by atoms with Crippen molar-refractivity contribution in [2.24, 2.45) is 0 Å². The third-order valence-electron chi connectivity index (χ3n) is 8.50. The van der Waals surface area contributed by atoms with E-state index in [0.29, 0.717) is 22.3 Å². The van der Waals surface area contributed by atoms with Crippen LogP contribution in [0.2, 0.25) is 0 Å². The highest BCUT2D eigenvalue weighted by molar-refractivity contribution is 7.98. The van der Waals surface area contributed by atoms with E-state index < -0.39 is 23.4 Å². The van der Waals surface area contributed by atoms with Crippen molar-refractivity contribution in [2.45, 2.75) is 36.1 Å². The zero-order chi connectivity index (χ0) is 35.3. The molecule has 1 fully saturated rings. The van der Waals surface area contributed by atoms with Crippen LogP contribution in [0.4, 0.5) is 24.5 Å². The Kier molecular flexibility index (Phi) is 10.6. The first kappa shape index (κ1) is 34.8. The molecule has 4 aromatic carbocycles. The number of anilines is 2. The van der Waals surface area contributed by atoms with Crippen molar-refractivity contribution in [2.75, 3.05) is 36.5 Å². The maximum absolute atomic E-state index is 14.0. The number of aromatic amines is 1. The summed E-state index contributed by atoms with van der Waals surface area (Å²) < 4.78 is 40.1. The SMILES string of the molecule is O=C(NCCO)c1cccc(SCc2cccc(C(=O)Nc3ccc(N4CCCCC4)cc3C(=O)c3cc4ccc(C(F)(F)F)cc4[nH]3)c2)c1. The quantitative estimate of drug-likeness (QED) is 0.0831. The number of aromatic nitrogens is 1. The number of hydrogen-bond acceptors (Lipinski definition) is 6. The second-order valence-corrected chi connectivity index (χ2v) is 13.1. The second-order valence-electron chi connectivity index (χ2n) is 12.0. The van der Waals surface area contributed by atoms with Gasteiger partial charge in [0.15, 0.2) is 0 Å². The van der Waals surface area contributed by atoms with Crippen LogP contribution in [0.1, 0.15) is 67.2 Å². The fourth-order valence-corrected chi connectivity index (χ4v) is 6.81. The molecule has 8 nitrogen and oxygen atoms in total. The molecule has 6 rings (SSSR count). The van der Waals surface area contributed by atoms with Crippen LogP contribution in [0.5, 0.6) is 0 Å². The van der Waals surface area contributed by atoms with Crippen molar-refractivity contribution >= 4 is 51.6 Å². The lowest BCUT2D eigenvalue weighted by molar-refractivity contribution is -0.137. The number of amides is 2. The Morgan fingerprint density at radius 3 is 2.36 bits per heavy atom. The summed E-state index contributed by atoms with van der Waals surface area (Å²) in [6, 6.07) is 24.4. The van der Waals surface area contributed by atoms with Gasteiger partial charge in [0.1, 0.15) is 0 Å². The fourth-order valence-electron chi connectivity index (χ4n) is 5.91. The number of carbonyl (C=O) groups excluding carboxylic acids is 3. The molecule has 0 aliphatic carbocycles. The zero-order valence-corrected chi connectivity index (χ0v) is 27.8. The molecular weight excluding hydrogens is 666 g/mol. The van der Waals surface area contributed by atoms with Crippen LogP contribution in [0.3, 0.4) is 0 Å². The molecule has 2 heterocycles. The van der Waals surface area contributed by atoms with Gasteiger partial charge >= 0.3 is 6.18 Å².